The van der Waals surface area contributed by atoms with Crippen molar-refractivity contribution < 1.29 is 28.6 Å². The summed E-state index contributed by atoms with van der Waals surface area (Å²) in [6.07, 6.45) is 1.49. The van der Waals surface area contributed by atoms with Crippen LogP contribution < -0.4 is 0 Å². The number of benzene rings is 1. The maximum atomic E-state index is 12.3. The summed E-state index contributed by atoms with van der Waals surface area (Å²) in [5.74, 6) is -1.34. The lowest BCUT2D eigenvalue weighted by molar-refractivity contribution is -0.140. The van der Waals surface area contributed by atoms with Gasteiger partial charge in [0.15, 0.2) is 0 Å². The Kier molecular flexibility index (Phi) is 6.41. The number of carbonyl (C=O) groups is 3. The van der Waals surface area contributed by atoms with Gasteiger partial charge in [0, 0.05) is 11.6 Å². The number of furan rings is 1. The molecule has 0 unspecified atom stereocenters. The van der Waals surface area contributed by atoms with E-state index in [4.69, 9.17) is 38.1 Å². The minimum atomic E-state index is -1.15. The number of carboxylic acid groups (broad SMARTS) is 1. The van der Waals surface area contributed by atoms with Crippen molar-refractivity contribution in [3.8, 4) is 11.3 Å². The lowest BCUT2D eigenvalue weighted by Crippen LogP contribution is -2.33. The molecule has 1 saturated heterocycles. The smallest absolute Gasteiger partial charge is 0.339 e. The SMILES string of the molecule is CCOC(=O)c1cc(-c2ccc(C=C3SC(=S)N(CC(=O)O)C3=O)o2)ccc1Cl. The van der Waals surface area contributed by atoms with Gasteiger partial charge in [-0.2, -0.15) is 0 Å². The van der Waals surface area contributed by atoms with E-state index in [0.29, 0.717) is 17.1 Å². The van der Waals surface area contributed by atoms with E-state index in [1.54, 1.807) is 37.3 Å². The van der Waals surface area contributed by atoms with Gasteiger partial charge >= 0.3 is 11.9 Å². The number of amides is 1. The zero-order chi connectivity index (χ0) is 21.1. The molecule has 0 spiro atoms. The summed E-state index contributed by atoms with van der Waals surface area (Å²) < 4.78 is 10.9. The number of thiocarbonyl (C=S) groups is 1. The molecular formula is C19H14ClNO6S2. The molecule has 0 radical (unpaired) electrons. The van der Waals surface area contributed by atoms with Gasteiger partial charge in [-0.3, -0.25) is 14.5 Å². The first-order valence-corrected chi connectivity index (χ1v) is 9.94. The third-order valence-electron chi connectivity index (χ3n) is 3.81. The highest BCUT2D eigenvalue weighted by atomic mass is 35.5. The third kappa shape index (κ3) is 4.69. The van der Waals surface area contributed by atoms with E-state index in [9.17, 15) is 14.4 Å². The average molecular weight is 452 g/mol. The standard InChI is InChI=1S/C19H14ClNO6S2/c1-2-26-18(25)12-7-10(3-5-13(12)20)14-6-4-11(27-14)8-15-17(24)21(9-16(22)23)19(28)29-15/h3-8H,2,9H2,1H3,(H,22,23). The van der Waals surface area contributed by atoms with E-state index in [-0.39, 0.29) is 26.4 Å². The van der Waals surface area contributed by atoms with E-state index in [0.717, 1.165) is 16.7 Å². The minimum Gasteiger partial charge on any atom is -0.480 e. The minimum absolute atomic E-state index is 0.173. The second-order valence-electron chi connectivity index (χ2n) is 5.78. The Hall–Kier alpha value is -2.62. The van der Waals surface area contributed by atoms with E-state index in [2.05, 4.69) is 0 Å². The van der Waals surface area contributed by atoms with Crippen molar-refractivity contribution in [2.45, 2.75) is 6.92 Å². The van der Waals surface area contributed by atoms with Gasteiger partial charge in [-0.1, -0.05) is 35.6 Å². The van der Waals surface area contributed by atoms with Gasteiger partial charge in [-0.25, -0.2) is 4.79 Å². The second kappa shape index (κ2) is 8.81. The predicted octanol–water partition coefficient (Wildman–Crippen LogP) is 4.06. The molecule has 0 atom stereocenters. The van der Waals surface area contributed by atoms with Crippen LogP contribution in [0.25, 0.3) is 17.4 Å². The number of rotatable bonds is 6. The van der Waals surface area contributed by atoms with E-state index in [1.807, 2.05) is 0 Å². The summed E-state index contributed by atoms with van der Waals surface area (Å²) >= 11 is 12.1. The average Bonchev–Trinajstić information content (AvgIpc) is 3.23. The maximum Gasteiger partial charge on any atom is 0.339 e. The largest absolute Gasteiger partial charge is 0.480 e. The molecule has 29 heavy (non-hydrogen) atoms. The van der Waals surface area contributed by atoms with Crippen molar-refractivity contribution in [2.75, 3.05) is 13.2 Å². The summed E-state index contributed by atoms with van der Waals surface area (Å²) in [5, 5.41) is 9.15. The van der Waals surface area contributed by atoms with Crippen molar-refractivity contribution >= 4 is 63.8 Å². The number of hydrogen-bond acceptors (Lipinski definition) is 7. The van der Waals surface area contributed by atoms with Crippen LogP contribution in [0.15, 0.2) is 39.7 Å². The zero-order valence-electron chi connectivity index (χ0n) is 15.0. The highest BCUT2D eigenvalue weighted by Crippen LogP contribution is 2.34. The van der Waals surface area contributed by atoms with E-state index < -0.39 is 24.4 Å². The van der Waals surface area contributed by atoms with E-state index in [1.165, 1.54) is 6.08 Å². The highest BCUT2D eigenvalue weighted by molar-refractivity contribution is 8.26. The van der Waals surface area contributed by atoms with Gasteiger partial charge in [0.2, 0.25) is 0 Å². The number of hydrogen-bond donors (Lipinski definition) is 1. The van der Waals surface area contributed by atoms with Crippen LogP contribution in [0.4, 0.5) is 0 Å². The summed E-state index contributed by atoms with van der Waals surface area (Å²) in [6, 6.07) is 8.16. The van der Waals surface area contributed by atoms with Crippen LogP contribution in [0.5, 0.6) is 0 Å². The lowest BCUT2D eigenvalue weighted by Gasteiger charge is -2.09. The van der Waals surface area contributed by atoms with Crippen molar-refractivity contribution in [1.82, 2.24) is 4.90 Å². The Morgan fingerprint density at radius 2 is 2.10 bits per heavy atom. The Morgan fingerprint density at radius 1 is 1.34 bits per heavy atom. The number of carboxylic acids is 1. The number of carbonyl (C=O) groups excluding carboxylic acids is 2. The first-order chi connectivity index (χ1) is 13.8. The molecule has 0 saturated carbocycles. The molecule has 7 nitrogen and oxygen atoms in total. The Balaban J connectivity index is 1.85. The molecule has 0 aliphatic carbocycles. The number of aliphatic carboxylic acids is 1. The van der Waals surface area contributed by atoms with E-state index >= 15 is 0 Å². The molecule has 3 rings (SSSR count). The second-order valence-corrected chi connectivity index (χ2v) is 7.86. The molecular weight excluding hydrogens is 438 g/mol. The quantitative estimate of drug-likeness (QED) is 0.399. The number of thioether (sulfide) groups is 1. The van der Waals surface area contributed by atoms with Crippen LogP contribution in [0.2, 0.25) is 5.02 Å². The molecule has 1 aromatic heterocycles. The molecule has 2 aromatic rings. The van der Waals surface area contributed by atoms with Crippen molar-refractivity contribution in [3.63, 3.8) is 0 Å². The Labute approximate surface area is 180 Å². The van der Waals surface area contributed by atoms with Crippen LogP contribution in [0.3, 0.4) is 0 Å². The fourth-order valence-corrected chi connectivity index (χ4v) is 3.96. The van der Waals surface area contributed by atoms with Gasteiger partial charge < -0.3 is 14.3 Å². The predicted molar refractivity (Wildman–Crippen MR) is 113 cm³/mol. The fourth-order valence-electron chi connectivity index (χ4n) is 2.53. The van der Waals surface area contributed by atoms with Crippen LogP contribution in [-0.4, -0.2) is 45.3 Å². The molecule has 1 aromatic carbocycles. The summed E-state index contributed by atoms with van der Waals surface area (Å²) in [7, 11) is 0. The summed E-state index contributed by atoms with van der Waals surface area (Å²) in [4.78, 5) is 36.5. The molecule has 150 valence electrons. The van der Waals surface area contributed by atoms with Crippen LogP contribution >= 0.6 is 35.6 Å². The normalized spacial score (nSPS) is 15.2. The number of ether oxygens (including phenoxy) is 1. The fraction of sp³-hybridized carbons (Fsp3) is 0.158. The molecule has 1 aliphatic heterocycles. The van der Waals surface area contributed by atoms with Gasteiger partial charge in [0.05, 0.1) is 22.1 Å². The van der Waals surface area contributed by atoms with Gasteiger partial charge in [0.25, 0.3) is 5.91 Å². The van der Waals surface area contributed by atoms with Gasteiger partial charge in [-0.05, 0) is 37.3 Å². The van der Waals surface area contributed by atoms with Crippen LogP contribution in [0, 0.1) is 0 Å². The monoisotopic (exact) mass is 451 g/mol. The summed E-state index contributed by atoms with van der Waals surface area (Å²) in [6.45, 7) is 1.44. The molecule has 1 N–H and O–H groups in total. The van der Waals surface area contributed by atoms with Gasteiger partial charge in [0.1, 0.15) is 22.4 Å². The third-order valence-corrected chi connectivity index (χ3v) is 5.52. The Morgan fingerprint density at radius 3 is 2.79 bits per heavy atom. The number of esters is 1. The molecule has 1 fully saturated rings. The molecule has 2 heterocycles. The summed E-state index contributed by atoms with van der Waals surface area (Å²) in [5.41, 5.74) is 0.828. The molecule has 10 heteroatoms. The Bertz CT molecular complexity index is 1050. The van der Waals surface area contributed by atoms with Crippen LogP contribution in [0.1, 0.15) is 23.0 Å². The van der Waals surface area contributed by atoms with Crippen molar-refractivity contribution in [2.24, 2.45) is 0 Å². The van der Waals surface area contributed by atoms with Crippen molar-refractivity contribution in [1.29, 1.82) is 0 Å². The zero-order valence-corrected chi connectivity index (χ0v) is 17.4. The highest BCUT2D eigenvalue weighted by Gasteiger charge is 2.33. The molecule has 1 aliphatic rings. The van der Waals surface area contributed by atoms with Gasteiger partial charge in [-0.15, -0.1) is 0 Å². The molecule has 1 amide bonds. The number of halogens is 1. The van der Waals surface area contributed by atoms with Crippen molar-refractivity contribution in [3.05, 3.63) is 51.6 Å². The lowest BCUT2D eigenvalue weighted by atomic mass is 10.1. The molecule has 0 bridgehead atoms. The number of nitrogens with zero attached hydrogens (tertiary/aromatic N) is 1. The first kappa shape index (κ1) is 21.1. The maximum absolute atomic E-state index is 12.3. The van der Waals surface area contributed by atoms with Crippen LogP contribution in [-0.2, 0) is 14.3 Å². The first-order valence-electron chi connectivity index (χ1n) is 8.34. The topological polar surface area (TPSA) is 97.0 Å².